The van der Waals surface area contributed by atoms with Crippen molar-refractivity contribution < 1.29 is 4.74 Å². The predicted octanol–water partition coefficient (Wildman–Crippen LogP) is 3.01. The molecule has 3 heteroatoms. The molecule has 0 radical (unpaired) electrons. The first kappa shape index (κ1) is 15.7. The summed E-state index contributed by atoms with van der Waals surface area (Å²) >= 11 is 0. The van der Waals surface area contributed by atoms with Gasteiger partial charge < -0.3 is 4.74 Å². The Morgan fingerprint density at radius 1 is 1.41 bits per heavy atom. The van der Waals surface area contributed by atoms with Gasteiger partial charge in [-0.25, -0.2) is 0 Å². The Bertz CT molecular complexity index is 559. The van der Waals surface area contributed by atoms with Crippen LogP contribution in [0.2, 0.25) is 6.32 Å². The SMILES string of the molecule is BCCc1ccc(OC2CN(CC3(C(=C)C)CC3)C2)c(C)c1. The van der Waals surface area contributed by atoms with E-state index < -0.39 is 0 Å². The summed E-state index contributed by atoms with van der Waals surface area (Å²) in [5, 5.41) is 0. The maximum absolute atomic E-state index is 6.18. The highest BCUT2D eigenvalue weighted by atomic mass is 16.5. The van der Waals surface area contributed by atoms with E-state index in [1.54, 1.807) is 0 Å². The number of rotatable bonds is 7. The van der Waals surface area contributed by atoms with Gasteiger partial charge in [-0.15, -0.1) is 0 Å². The van der Waals surface area contributed by atoms with Gasteiger partial charge in [0, 0.05) is 25.0 Å². The molecule has 2 nitrogen and oxygen atoms in total. The number of hydrogen-bond acceptors (Lipinski definition) is 2. The fourth-order valence-electron chi connectivity index (χ4n) is 3.49. The molecule has 118 valence electrons. The lowest BCUT2D eigenvalue weighted by molar-refractivity contribution is 0.0102. The van der Waals surface area contributed by atoms with E-state index in [4.69, 9.17) is 4.74 Å². The molecule has 0 spiro atoms. The molecule has 0 atom stereocenters. The summed E-state index contributed by atoms with van der Waals surface area (Å²) < 4.78 is 6.18. The van der Waals surface area contributed by atoms with E-state index in [2.05, 4.69) is 51.4 Å². The molecular weight excluding hydrogens is 269 g/mol. The molecule has 1 aliphatic carbocycles. The van der Waals surface area contributed by atoms with Gasteiger partial charge in [0.1, 0.15) is 19.7 Å². The second-order valence-corrected chi connectivity index (χ2v) is 7.34. The van der Waals surface area contributed by atoms with Crippen LogP contribution in [-0.4, -0.2) is 38.5 Å². The molecule has 1 aromatic rings. The van der Waals surface area contributed by atoms with Gasteiger partial charge in [0.05, 0.1) is 0 Å². The molecule has 0 amide bonds. The molecule has 2 aliphatic rings. The number of hydrogen-bond donors (Lipinski definition) is 0. The zero-order chi connectivity index (χ0) is 15.7. The van der Waals surface area contributed by atoms with Gasteiger partial charge >= 0.3 is 0 Å². The van der Waals surface area contributed by atoms with Crippen LogP contribution in [0, 0.1) is 12.3 Å². The van der Waals surface area contributed by atoms with Crippen molar-refractivity contribution in [3.63, 3.8) is 0 Å². The molecule has 0 bridgehead atoms. The monoisotopic (exact) mass is 297 g/mol. The highest BCUT2D eigenvalue weighted by Gasteiger charge is 2.46. The normalized spacial score (nSPS) is 20.5. The minimum atomic E-state index is 0.358. The fraction of sp³-hybridized carbons (Fsp3) is 0.579. The zero-order valence-electron chi connectivity index (χ0n) is 14.3. The van der Waals surface area contributed by atoms with Crippen molar-refractivity contribution in [1.29, 1.82) is 0 Å². The van der Waals surface area contributed by atoms with Crippen LogP contribution in [0.3, 0.4) is 0 Å². The average Bonchev–Trinajstić information content (AvgIpc) is 3.20. The number of likely N-dealkylation sites (tertiary alicyclic amines) is 1. The van der Waals surface area contributed by atoms with E-state index in [0.717, 1.165) is 25.3 Å². The van der Waals surface area contributed by atoms with Crippen LogP contribution in [0.25, 0.3) is 0 Å². The molecule has 2 fully saturated rings. The molecule has 0 aromatic heterocycles. The van der Waals surface area contributed by atoms with Crippen molar-refractivity contribution in [2.75, 3.05) is 19.6 Å². The van der Waals surface area contributed by atoms with Crippen LogP contribution in [0.5, 0.6) is 5.75 Å². The van der Waals surface area contributed by atoms with Crippen LogP contribution in [0.4, 0.5) is 0 Å². The lowest BCUT2D eigenvalue weighted by Gasteiger charge is -2.41. The first-order valence-corrected chi connectivity index (χ1v) is 8.67. The van der Waals surface area contributed by atoms with Crippen molar-refractivity contribution in [3.8, 4) is 5.75 Å². The topological polar surface area (TPSA) is 12.5 Å². The molecule has 1 heterocycles. The van der Waals surface area contributed by atoms with Crippen molar-refractivity contribution in [3.05, 3.63) is 41.5 Å². The van der Waals surface area contributed by atoms with Gasteiger partial charge in [-0.05, 0) is 50.3 Å². The van der Waals surface area contributed by atoms with Crippen LogP contribution in [0.15, 0.2) is 30.4 Å². The Labute approximate surface area is 135 Å². The molecule has 3 rings (SSSR count). The number of nitrogens with zero attached hydrogens (tertiary/aromatic N) is 1. The third kappa shape index (κ3) is 3.25. The quantitative estimate of drug-likeness (QED) is 0.566. The van der Waals surface area contributed by atoms with Crippen molar-refractivity contribution in [2.45, 2.75) is 45.5 Å². The highest BCUT2D eigenvalue weighted by molar-refractivity contribution is 6.08. The minimum absolute atomic E-state index is 0.358. The summed E-state index contributed by atoms with van der Waals surface area (Å²) in [5.41, 5.74) is 4.48. The summed E-state index contributed by atoms with van der Waals surface area (Å²) in [5.74, 6) is 1.06. The third-order valence-corrected chi connectivity index (χ3v) is 5.28. The Morgan fingerprint density at radius 2 is 2.14 bits per heavy atom. The van der Waals surface area contributed by atoms with Crippen molar-refractivity contribution in [2.24, 2.45) is 5.41 Å². The average molecular weight is 297 g/mol. The van der Waals surface area contributed by atoms with Gasteiger partial charge in [0.15, 0.2) is 0 Å². The lowest BCUT2D eigenvalue weighted by atomic mass is 9.96. The molecule has 1 aliphatic heterocycles. The first-order valence-electron chi connectivity index (χ1n) is 8.67. The maximum Gasteiger partial charge on any atom is 0.124 e. The molecule has 1 aromatic carbocycles. The molecule has 1 saturated carbocycles. The largest absolute Gasteiger partial charge is 0.487 e. The smallest absolute Gasteiger partial charge is 0.124 e. The summed E-state index contributed by atoms with van der Waals surface area (Å²) in [6, 6.07) is 6.64. The van der Waals surface area contributed by atoms with Gasteiger partial charge in [-0.1, -0.05) is 30.6 Å². The predicted molar refractivity (Wildman–Crippen MR) is 95.6 cm³/mol. The minimum Gasteiger partial charge on any atom is -0.487 e. The van der Waals surface area contributed by atoms with Crippen LogP contribution < -0.4 is 4.74 Å². The number of ether oxygens (including phenoxy) is 1. The van der Waals surface area contributed by atoms with E-state index in [1.807, 2.05) is 0 Å². The van der Waals surface area contributed by atoms with E-state index in [1.165, 1.54) is 42.4 Å². The van der Waals surface area contributed by atoms with E-state index in [-0.39, 0.29) is 0 Å². The third-order valence-electron chi connectivity index (χ3n) is 5.28. The maximum atomic E-state index is 6.18. The lowest BCUT2D eigenvalue weighted by Crippen LogP contribution is -2.55. The molecule has 1 saturated heterocycles. The van der Waals surface area contributed by atoms with E-state index in [0.29, 0.717) is 11.5 Å². The Morgan fingerprint density at radius 3 is 2.68 bits per heavy atom. The van der Waals surface area contributed by atoms with Gasteiger partial charge in [0.25, 0.3) is 0 Å². The second-order valence-electron chi connectivity index (χ2n) is 7.34. The summed E-state index contributed by atoms with van der Waals surface area (Å²) in [7, 11) is 2.22. The standard InChI is InChI=1S/C19H28BNO/c1-14(2)19(7-8-19)13-21-11-17(12-21)22-18-5-4-16(6-9-20)10-15(18)3/h4-5,10,17H,1,6-9,11-13,20H2,2-3H3. The summed E-state index contributed by atoms with van der Waals surface area (Å²) in [6.45, 7) is 11.8. The fourth-order valence-corrected chi connectivity index (χ4v) is 3.49. The number of benzene rings is 1. The van der Waals surface area contributed by atoms with E-state index >= 15 is 0 Å². The van der Waals surface area contributed by atoms with Gasteiger partial charge in [-0.2, -0.15) is 0 Å². The number of aryl methyl sites for hydroxylation is 2. The van der Waals surface area contributed by atoms with Crippen molar-refractivity contribution in [1.82, 2.24) is 4.90 Å². The first-order chi connectivity index (χ1) is 10.5. The van der Waals surface area contributed by atoms with E-state index in [9.17, 15) is 0 Å². The van der Waals surface area contributed by atoms with Crippen LogP contribution in [-0.2, 0) is 6.42 Å². The Balaban J connectivity index is 1.49. The molecule has 22 heavy (non-hydrogen) atoms. The van der Waals surface area contributed by atoms with Gasteiger partial charge in [-0.3, -0.25) is 4.90 Å². The Hall–Kier alpha value is -1.22. The van der Waals surface area contributed by atoms with Crippen LogP contribution >= 0.6 is 0 Å². The van der Waals surface area contributed by atoms with Gasteiger partial charge in [0.2, 0.25) is 0 Å². The second kappa shape index (κ2) is 6.12. The zero-order valence-corrected chi connectivity index (χ0v) is 14.3. The Kier molecular flexibility index (Phi) is 4.36. The van der Waals surface area contributed by atoms with Crippen molar-refractivity contribution >= 4 is 7.85 Å². The summed E-state index contributed by atoms with van der Waals surface area (Å²) in [4.78, 5) is 2.52. The summed E-state index contributed by atoms with van der Waals surface area (Å²) in [6.07, 6.45) is 5.35. The molecule has 0 N–H and O–H groups in total. The van der Waals surface area contributed by atoms with Crippen LogP contribution in [0.1, 0.15) is 30.9 Å². The highest BCUT2D eigenvalue weighted by Crippen LogP contribution is 2.52. The molecular formula is C19H28BNO. The molecule has 0 unspecified atom stereocenters.